The standard InChI is InChI=1S/C18H22N4OS/c1-19-18(21-12-15-8-10-24-13-15)20-11-14-4-6-16(7-5-14)22-9-2-3-17(22)23/h4-8,10,13H,2-3,9,11-12H2,1H3,(H2,19,20,21). The molecule has 2 N–H and O–H groups in total. The Morgan fingerprint density at radius 2 is 1.92 bits per heavy atom. The maximum atomic E-state index is 11.8. The summed E-state index contributed by atoms with van der Waals surface area (Å²) in [6.45, 7) is 2.28. The number of carbonyl (C=O) groups is 1. The Bertz CT molecular complexity index is 694. The summed E-state index contributed by atoms with van der Waals surface area (Å²) < 4.78 is 0. The molecule has 0 unspecified atom stereocenters. The van der Waals surface area contributed by atoms with E-state index in [-0.39, 0.29) is 5.91 Å². The molecule has 0 atom stereocenters. The molecule has 3 rings (SSSR count). The highest BCUT2D eigenvalue weighted by Gasteiger charge is 2.21. The van der Waals surface area contributed by atoms with Gasteiger partial charge < -0.3 is 15.5 Å². The van der Waals surface area contributed by atoms with Gasteiger partial charge in [-0.2, -0.15) is 11.3 Å². The van der Waals surface area contributed by atoms with Crippen LogP contribution in [0.15, 0.2) is 46.1 Å². The lowest BCUT2D eigenvalue weighted by atomic mass is 10.2. The van der Waals surface area contributed by atoms with Crippen LogP contribution in [0.4, 0.5) is 5.69 Å². The number of rotatable bonds is 5. The summed E-state index contributed by atoms with van der Waals surface area (Å²) in [6.07, 6.45) is 1.61. The summed E-state index contributed by atoms with van der Waals surface area (Å²) in [6, 6.07) is 10.2. The molecule has 2 heterocycles. The smallest absolute Gasteiger partial charge is 0.227 e. The Morgan fingerprint density at radius 3 is 2.50 bits per heavy atom. The molecular weight excluding hydrogens is 320 g/mol. The molecule has 0 bridgehead atoms. The van der Waals surface area contributed by atoms with Crippen LogP contribution in [0, 0.1) is 0 Å². The van der Waals surface area contributed by atoms with Gasteiger partial charge in [0.1, 0.15) is 0 Å². The summed E-state index contributed by atoms with van der Waals surface area (Å²) in [4.78, 5) is 17.9. The van der Waals surface area contributed by atoms with Crippen molar-refractivity contribution in [2.75, 3.05) is 18.5 Å². The molecule has 0 saturated carbocycles. The van der Waals surface area contributed by atoms with Crippen molar-refractivity contribution >= 4 is 28.9 Å². The van der Waals surface area contributed by atoms with Crippen molar-refractivity contribution in [2.45, 2.75) is 25.9 Å². The molecule has 0 aliphatic carbocycles. The fraction of sp³-hybridized carbons (Fsp3) is 0.333. The molecule has 1 aliphatic rings. The molecule has 1 fully saturated rings. The largest absolute Gasteiger partial charge is 0.352 e. The van der Waals surface area contributed by atoms with Crippen molar-refractivity contribution in [1.82, 2.24) is 10.6 Å². The van der Waals surface area contributed by atoms with Crippen LogP contribution in [0.2, 0.25) is 0 Å². The Kier molecular flexibility index (Phi) is 5.48. The SMILES string of the molecule is CN=C(NCc1ccc(N2CCCC2=O)cc1)NCc1ccsc1. The van der Waals surface area contributed by atoms with E-state index in [4.69, 9.17) is 0 Å². The van der Waals surface area contributed by atoms with Crippen LogP contribution in [0.1, 0.15) is 24.0 Å². The van der Waals surface area contributed by atoms with Crippen molar-refractivity contribution < 1.29 is 4.79 Å². The summed E-state index contributed by atoms with van der Waals surface area (Å²) in [5.41, 5.74) is 3.40. The molecular formula is C18H22N4OS. The van der Waals surface area contributed by atoms with E-state index in [0.717, 1.165) is 36.7 Å². The Labute approximate surface area is 146 Å². The molecule has 1 aromatic heterocycles. The number of hydrogen-bond donors (Lipinski definition) is 2. The number of anilines is 1. The lowest BCUT2D eigenvalue weighted by Crippen LogP contribution is -2.36. The molecule has 1 aliphatic heterocycles. The fourth-order valence-corrected chi connectivity index (χ4v) is 3.37. The van der Waals surface area contributed by atoms with Crippen molar-refractivity contribution in [3.8, 4) is 0 Å². The first-order chi connectivity index (χ1) is 11.8. The van der Waals surface area contributed by atoms with Gasteiger partial charge >= 0.3 is 0 Å². The highest BCUT2D eigenvalue weighted by atomic mass is 32.1. The predicted molar refractivity (Wildman–Crippen MR) is 99.4 cm³/mol. The second-order valence-corrected chi connectivity index (χ2v) is 6.51. The van der Waals surface area contributed by atoms with Crippen LogP contribution in [-0.4, -0.2) is 25.5 Å². The molecule has 0 radical (unpaired) electrons. The van der Waals surface area contributed by atoms with Crippen molar-refractivity contribution in [1.29, 1.82) is 0 Å². The zero-order chi connectivity index (χ0) is 16.8. The minimum absolute atomic E-state index is 0.221. The second-order valence-electron chi connectivity index (χ2n) is 5.73. The average molecular weight is 342 g/mol. The van der Waals surface area contributed by atoms with Crippen molar-refractivity contribution in [3.05, 3.63) is 52.2 Å². The van der Waals surface area contributed by atoms with E-state index in [9.17, 15) is 4.79 Å². The number of hydrogen-bond acceptors (Lipinski definition) is 3. The first-order valence-electron chi connectivity index (χ1n) is 8.11. The monoisotopic (exact) mass is 342 g/mol. The Morgan fingerprint density at radius 1 is 1.17 bits per heavy atom. The molecule has 1 saturated heterocycles. The lowest BCUT2D eigenvalue weighted by Gasteiger charge is -2.16. The van der Waals surface area contributed by atoms with Crippen LogP contribution >= 0.6 is 11.3 Å². The Balaban J connectivity index is 1.51. The molecule has 0 spiro atoms. The minimum Gasteiger partial charge on any atom is -0.352 e. The zero-order valence-corrected chi connectivity index (χ0v) is 14.6. The van der Waals surface area contributed by atoms with Gasteiger partial charge in [0.15, 0.2) is 5.96 Å². The summed E-state index contributed by atoms with van der Waals surface area (Å²) in [7, 11) is 1.77. The lowest BCUT2D eigenvalue weighted by molar-refractivity contribution is -0.117. The minimum atomic E-state index is 0.221. The number of thiophene rings is 1. The number of nitrogens with one attached hydrogen (secondary N) is 2. The molecule has 5 nitrogen and oxygen atoms in total. The maximum absolute atomic E-state index is 11.8. The average Bonchev–Trinajstić information content (AvgIpc) is 3.27. The molecule has 126 valence electrons. The van der Waals surface area contributed by atoms with Gasteiger partial charge in [-0.3, -0.25) is 9.79 Å². The number of aliphatic imine (C=N–C) groups is 1. The Hall–Kier alpha value is -2.34. The van der Waals surface area contributed by atoms with Crippen LogP contribution in [0.25, 0.3) is 0 Å². The maximum Gasteiger partial charge on any atom is 0.227 e. The van der Waals surface area contributed by atoms with Crippen LogP contribution < -0.4 is 15.5 Å². The summed E-state index contributed by atoms with van der Waals surface area (Å²) in [5, 5.41) is 10.8. The number of nitrogens with zero attached hydrogens (tertiary/aromatic N) is 2. The van der Waals surface area contributed by atoms with Crippen LogP contribution in [0.3, 0.4) is 0 Å². The van der Waals surface area contributed by atoms with Gasteiger partial charge in [0, 0.05) is 38.8 Å². The van der Waals surface area contributed by atoms with Gasteiger partial charge in [0.25, 0.3) is 0 Å². The van der Waals surface area contributed by atoms with Crippen molar-refractivity contribution in [3.63, 3.8) is 0 Å². The topological polar surface area (TPSA) is 56.7 Å². The van der Waals surface area contributed by atoms with E-state index in [2.05, 4.69) is 44.6 Å². The number of amides is 1. The van der Waals surface area contributed by atoms with Crippen molar-refractivity contribution in [2.24, 2.45) is 4.99 Å². The third-order valence-corrected chi connectivity index (χ3v) is 4.78. The first kappa shape index (κ1) is 16.5. The third-order valence-electron chi connectivity index (χ3n) is 4.05. The summed E-state index contributed by atoms with van der Waals surface area (Å²) >= 11 is 1.69. The molecule has 1 amide bonds. The zero-order valence-electron chi connectivity index (χ0n) is 13.8. The quantitative estimate of drug-likeness (QED) is 0.649. The van der Waals surface area contributed by atoms with E-state index in [1.165, 1.54) is 5.56 Å². The van der Waals surface area contributed by atoms with Gasteiger partial charge in [0.2, 0.25) is 5.91 Å². The third kappa shape index (κ3) is 4.14. The molecule has 24 heavy (non-hydrogen) atoms. The van der Waals surface area contributed by atoms with Crippen LogP contribution in [-0.2, 0) is 17.9 Å². The van der Waals surface area contributed by atoms with Gasteiger partial charge in [-0.05, 0) is 46.5 Å². The molecule has 6 heteroatoms. The highest BCUT2D eigenvalue weighted by Crippen LogP contribution is 2.21. The molecule has 1 aromatic carbocycles. The number of benzene rings is 1. The fourth-order valence-electron chi connectivity index (χ4n) is 2.70. The van der Waals surface area contributed by atoms with Gasteiger partial charge in [-0.25, -0.2) is 0 Å². The highest BCUT2D eigenvalue weighted by molar-refractivity contribution is 7.07. The van der Waals surface area contributed by atoms with E-state index in [0.29, 0.717) is 13.0 Å². The van der Waals surface area contributed by atoms with E-state index in [1.807, 2.05) is 17.0 Å². The second kappa shape index (κ2) is 7.97. The van der Waals surface area contributed by atoms with Crippen LogP contribution in [0.5, 0.6) is 0 Å². The van der Waals surface area contributed by atoms with Gasteiger partial charge in [-0.15, -0.1) is 0 Å². The number of guanidine groups is 1. The van der Waals surface area contributed by atoms with E-state index in [1.54, 1.807) is 18.4 Å². The number of carbonyl (C=O) groups excluding carboxylic acids is 1. The van der Waals surface area contributed by atoms with E-state index < -0.39 is 0 Å². The van der Waals surface area contributed by atoms with Gasteiger partial charge in [0.05, 0.1) is 0 Å². The normalized spacial score (nSPS) is 15.0. The predicted octanol–water partition coefficient (Wildman–Crippen LogP) is 2.74. The molecule has 2 aromatic rings. The van der Waals surface area contributed by atoms with Gasteiger partial charge in [-0.1, -0.05) is 12.1 Å². The summed E-state index contributed by atoms with van der Waals surface area (Å²) in [5.74, 6) is 0.999. The van der Waals surface area contributed by atoms with E-state index >= 15 is 0 Å². The first-order valence-corrected chi connectivity index (χ1v) is 9.05.